The molecule has 1 saturated heterocycles. The SMILES string of the molecule is CCOc1ccc(C(=O)N2C[C@@H](N)[C@H](c3ccccc3)C2)cc1. The van der Waals surface area contributed by atoms with Crippen molar-refractivity contribution in [3.8, 4) is 5.75 Å². The van der Waals surface area contributed by atoms with Crippen LogP contribution in [-0.4, -0.2) is 36.5 Å². The van der Waals surface area contributed by atoms with Gasteiger partial charge in [-0.2, -0.15) is 0 Å². The van der Waals surface area contributed by atoms with Gasteiger partial charge in [-0.3, -0.25) is 4.79 Å². The number of benzene rings is 2. The Morgan fingerprint density at radius 2 is 1.83 bits per heavy atom. The molecular formula is C19H22N2O2. The molecule has 0 aromatic heterocycles. The third-order valence-electron chi connectivity index (χ3n) is 4.29. The molecule has 120 valence electrons. The Balaban J connectivity index is 1.71. The maximum atomic E-state index is 12.7. The third kappa shape index (κ3) is 3.37. The Morgan fingerprint density at radius 3 is 2.48 bits per heavy atom. The van der Waals surface area contributed by atoms with Crippen LogP contribution in [0.2, 0.25) is 0 Å². The van der Waals surface area contributed by atoms with Crippen molar-refractivity contribution >= 4 is 5.91 Å². The summed E-state index contributed by atoms with van der Waals surface area (Å²) in [6.45, 7) is 3.81. The number of hydrogen-bond donors (Lipinski definition) is 1. The average molecular weight is 310 g/mol. The lowest BCUT2D eigenvalue weighted by Gasteiger charge is -2.17. The highest BCUT2D eigenvalue weighted by atomic mass is 16.5. The first-order valence-corrected chi connectivity index (χ1v) is 8.01. The van der Waals surface area contributed by atoms with E-state index >= 15 is 0 Å². The molecule has 4 heteroatoms. The van der Waals surface area contributed by atoms with Gasteiger partial charge < -0.3 is 15.4 Å². The first kappa shape index (κ1) is 15.6. The van der Waals surface area contributed by atoms with Crippen molar-refractivity contribution in [2.75, 3.05) is 19.7 Å². The summed E-state index contributed by atoms with van der Waals surface area (Å²) in [5.74, 6) is 1.01. The minimum Gasteiger partial charge on any atom is -0.494 e. The fourth-order valence-electron chi connectivity index (χ4n) is 3.09. The molecule has 2 N–H and O–H groups in total. The van der Waals surface area contributed by atoms with Crippen LogP contribution in [0.3, 0.4) is 0 Å². The van der Waals surface area contributed by atoms with Gasteiger partial charge in [-0.25, -0.2) is 0 Å². The van der Waals surface area contributed by atoms with Gasteiger partial charge in [0.25, 0.3) is 5.91 Å². The van der Waals surface area contributed by atoms with Crippen LogP contribution in [0.25, 0.3) is 0 Å². The number of carbonyl (C=O) groups excluding carboxylic acids is 1. The van der Waals surface area contributed by atoms with Crippen molar-refractivity contribution in [1.29, 1.82) is 0 Å². The molecule has 1 heterocycles. The van der Waals surface area contributed by atoms with Crippen molar-refractivity contribution < 1.29 is 9.53 Å². The van der Waals surface area contributed by atoms with E-state index in [0.29, 0.717) is 25.3 Å². The van der Waals surface area contributed by atoms with E-state index in [0.717, 1.165) is 5.75 Å². The first-order chi connectivity index (χ1) is 11.2. The van der Waals surface area contributed by atoms with Crippen LogP contribution in [0.4, 0.5) is 0 Å². The number of carbonyl (C=O) groups is 1. The number of likely N-dealkylation sites (tertiary alicyclic amines) is 1. The van der Waals surface area contributed by atoms with Crippen molar-refractivity contribution in [1.82, 2.24) is 4.90 Å². The zero-order chi connectivity index (χ0) is 16.2. The van der Waals surface area contributed by atoms with Crippen molar-refractivity contribution in [2.45, 2.75) is 18.9 Å². The number of amides is 1. The van der Waals surface area contributed by atoms with E-state index < -0.39 is 0 Å². The maximum absolute atomic E-state index is 12.7. The van der Waals surface area contributed by atoms with Crippen LogP contribution in [0.15, 0.2) is 54.6 Å². The molecule has 0 saturated carbocycles. The number of rotatable bonds is 4. The average Bonchev–Trinajstić information content (AvgIpc) is 2.98. The zero-order valence-corrected chi connectivity index (χ0v) is 13.3. The highest BCUT2D eigenvalue weighted by molar-refractivity contribution is 5.94. The number of nitrogens with zero attached hydrogens (tertiary/aromatic N) is 1. The fraction of sp³-hybridized carbons (Fsp3) is 0.316. The van der Waals surface area contributed by atoms with Gasteiger partial charge in [-0.15, -0.1) is 0 Å². The Morgan fingerprint density at radius 1 is 1.13 bits per heavy atom. The number of ether oxygens (including phenoxy) is 1. The lowest BCUT2D eigenvalue weighted by molar-refractivity contribution is 0.0789. The van der Waals surface area contributed by atoms with Crippen molar-refractivity contribution in [2.24, 2.45) is 5.73 Å². The molecule has 3 rings (SSSR count). The first-order valence-electron chi connectivity index (χ1n) is 8.01. The van der Waals surface area contributed by atoms with Gasteiger partial charge in [-0.1, -0.05) is 30.3 Å². The largest absolute Gasteiger partial charge is 0.494 e. The third-order valence-corrected chi connectivity index (χ3v) is 4.29. The van der Waals surface area contributed by atoms with Crippen LogP contribution in [0, 0.1) is 0 Å². The van der Waals surface area contributed by atoms with Crippen molar-refractivity contribution in [3.05, 3.63) is 65.7 Å². The molecular weight excluding hydrogens is 288 g/mol. The van der Waals surface area contributed by atoms with E-state index in [4.69, 9.17) is 10.5 Å². The monoisotopic (exact) mass is 310 g/mol. The number of nitrogens with two attached hydrogens (primary N) is 1. The summed E-state index contributed by atoms with van der Waals surface area (Å²) in [7, 11) is 0. The molecule has 1 fully saturated rings. The zero-order valence-electron chi connectivity index (χ0n) is 13.3. The maximum Gasteiger partial charge on any atom is 0.253 e. The Hall–Kier alpha value is -2.33. The molecule has 4 nitrogen and oxygen atoms in total. The van der Waals surface area contributed by atoms with E-state index in [-0.39, 0.29) is 17.9 Å². The fourth-order valence-corrected chi connectivity index (χ4v) is 3.09. The van der Waals surface area contributed by atoms with E-state index in [1.807, 2.05) is 54.3 Å². The van der Waals surface area contributed by atoms with Crippen LogP contribution >= 0.6 is 0 Å². The molecule has 2 atom stereocenters. The van der Waals surface area contributed by atoms with E-state index in [9.17, 15) is 4.79 Å². The van der Waals surface area contributed by atoms with Gasteiger partial charge >= 0.3 is 0 Å². The normalized spacial score (nSPS) is 20.5. The van der Waals surface area contributed by atoms with Crippen molar-refractivity contribution in [3.63, 3.8) is 0 Å². The molecule has 1 amide bonds. The molecule has 0 bridgehead atoms. The second-order valence-corrected chi connectivity index (χ2v) is 5.85. The summed E-state index contributed by atoms with van der Waals surface area (Å²) in [6.07, 6.45) is 0. The molecule has 1 aliphatic heterocycles. The summed E-state index contributed by atoms with van der Waals surface area (Å²) in [5, 5.41) is 0. The molecule has 0 radical (unpaired) electrons. The standard InChI is InChI=1S/C19H22N2O2/c1-2-23-16-10-8-15(9-11-16)19(22)21-12-17(18(20)13-21)14-6-4-3-5-7-14/h3-11,17-18H,2,12-13,20H2,1H3/t17-,18+/m0/s1. The minimum absolute atomic E-state index is 0.0240. The minimum atomic E-state index is -0.0240. The quantitative estimate of drug-likeness (QED) is 0.944. The molecule has 1 aliphatic rings. The Labute approximate surface area is 136 Å². The molecule has 0 spiro atoms. The lowest BCUT2D eigenvalue weighted by atomic mass is 9.95. The van der Waals surface area contributed by atoms with E-state index in [1.54, 1.807) is 0 Å². The second kappa shape index (κ2) is 6.84. The number of hydrogen-bond acceptors (Lipinski definition) is 3. The second-order valence-electron chi connectivity index (χ2n) is 5.85. The molecule has 2 aromatic carbocycles. The lowest BCUT2D eigenvalue weighted by Crippen LogP contribution is -2.32. The van der Waals surface area contributed by atoms with Crippen LogP contribution in [0.1, 0.15) is 28.8 Å². The predicted octanol–water partition coefficient (Wildman–Crippen LogP) is 2.65. The topological polar surface area (TPSA) is 55.6 Å². The van der Waals surface area contributed by atoms with Gasteiger partial charge in [0.2, 0.25) is 0 Å². The summed E-state index contributed by atoms with van der Waals surface area (Å²) >= 11 is 0. The van der Waals surface area contributed by atoms with Crippen LogP contribution in [-0.2, 0) is 0 Å². The summed E-state index contributed by atoms with van der Waals surface area (Å²) in [5.41, 5.74) is 8.14. The summed E-state index contributed by atoms with van der Waals surface area (Å²) in [6, 6.07) is 17.4. The van der Waals surface area contributed by atoms with E-state index in [1.165, 1.54) is 5.56 Å². The molecule has 23 heavy (non-hydrogen) atoms. The molecule has 0 unspecified atom stereocenters. The molecule has 0 aliphatic carbocycles. The smallest absolute Gasteiger partial charge is 0.253 e. The Kier molecular flexibility index (Phi) is 4.63. The van der Waals surface area contributed by atoms with E-state index in [2.05, 4.69) is 12.1 Å². The summed E-state index contributed by atoms with van der Waals surface area (Å²) < 4.78 is 5.41. The van der Waals surface area contributed by atoms with Gasteiger partial charge in [0.1, 0.15) is 5.75 Å². The predicted molar refractivity (Wildman–Crippen MR) is 90.7 cm³/mol. The van der Waals surface area contributed by atoms with Gasteiger partial charge in [0.05, 0.1) is 6.61 Å². The van der Waals surface area contributed by atoms with Crippen LogP contribution in [0.5, 0.6) is 5.75 Å². The van der Waals surface area contributed by atoms with Gasteiger partial charge in [0.15, 0.2) is 0 Å². The highest BCUT2D eigenvalue weighted by Gasteiger charge is 2.34. The van der Waals surface area contributed by atoms with Gasteiger partial charge in [0, 0.05) is 30.6 Å². The molecule has 2 aromatic rings. The van der Waals surface area contributed by atoms with Crippen LogP contribution < -0.4 is 10.5 Å². The highest BCUT2D eigenvalue weighted by Crippen LogP contribution is 2.27. The Bertz CT molecular complexity index is 655. The summed E-state index contributed by atoms with van der Waals surface area (Å²) in [4.78, 5) is 14.5. The van der Waals surface area contributed by atoms with Gasteiger partial charge in [-0.05, 0) is 36.8 Å².